The Hall–Kier alpha value is -0.990. The largest absolute Gasteiger partial charge is 0.488 e. The highest BCUT2D eigenvalue weighted by Crippen LogP contribution is 2.28. The number of aliphatic hydroxyl groups is 1. The van der Waals surface area contributed by atoms with E-state index in [0.29, 0.717) is 17.4 Å². The standard InChI is InChI=1S/C13H17ClO2/c1-4-9(2)8-16-13-6-5-11(10(3)15)7-12(13)14/h5-7,10,15H,2,4,8H2,1,3H3/t10-/m1/s1. The minimum absolute atomic E-state index is 0.476. The Bertz CT molecular complexity index is 372. The van der Waals surface area contributed by atoms with Crippen molar-refractivity contribution in [2.75, 3.05) is 6.61 Å². The topological polar surface area (TPSA) is 29.5 Å². The van der Waals surface area contributed by atoms with E-state index in [1.54, 1.807) is 25.1 Å². The van der Waals surface area contributed by atoms with Crippen LogP contribution in [-0.2, 0) is 0 Å². The van der Waals surface area contributed by atoms with Gasteiger partial charge in [-0.25, -0.2) is 0 Å². The van der Waals surface area contributed by atoms with Gasteiger partial charge >= 0.3 is 0 Å². The summed E-state index contributed by atoms with van der Waals surface area (Å²) < 4.78 is 5.51. The van der Waals surface area contributed by atoms with Crippen LogP contribution in [0.4, 0.5) is 0 Å². The molecular formula is C13H17ClO2. The third kappa shape index (κ3) is 3.54. The normalized spacial score (nSPS) is 12.2. The van der Waals surface area contributed by atoms with Crippen LogP contribution in [-0.4, -0.2) is 11.7 Å². The Morgan fingerprint density at radius 2 is 2.25 bits per heavy atom. The number of hydrogen-bond donors (Lipinski definition) is 1. The molecule has 1 atom stereocenters. The van der Waals surface area contributed by atoms with Gasteiger partial charge in [-0.15, -0.1) is 0 Å². The van der Waals surface area contributed by atoms with Crippen molar-refractivity contribution in [1.82, 2.24) is 0 Å². The molecule has 0 radical (unpaired) electrons. The molecule has 0 aromatic heterocycles. The van der Waals surface area contributed by atoms with Crippen molar-refractivity contribution in [3.8, 4) is 5.75 Å². The third-order valence-electron chi connectivity index (χ3n) is 2.37. The number of ether oxygens (including phenoxy) is 1. The zero-order chi connectivity index (χ0) is 12.1. The molecule has 16 heavy (non-hydrogen) atoms. The molecule has 0 fully saturated rings. The second kappa shape index (κ2) is 5.92. The molecule has 0 aliphatic heterocycles. The van der Waals surface area contributed by atoms with Crippen molar-refractivity contribution in [1.29, 1.82) is 0 Å². The van der Waals surface area contributed by atoms with Gasteiger partial charge in [0.1, 0.15) is 12.4 Å². The van der Waals surface area contributed by atoms with Crippen molar-refractivity contribution in [3.05, 3.63) is 40.9 Å². The summed E-state index contributed by atoms with van der Waals surface area (Å²) in [4.78, 5) is 0. The maximum atomic E-state index is 9.38. The average molecular weight is 241 g/mol. The van der Waals surface area contributed by atoms with Gasteiger partial charge in [0.25, 0.3) is 0 Å². The van der Waals surface area contributed by atoms with Crippen molar-refractivity contribution in [2.45, 2.75) is 26.4 Å². The molecule has 0 amide bonds. The number of halogens is 1. The molecule has 88 valence electrons. The minimum Gasteiger partial charge on any atom is -0.488 e. The Labute approximate surface area is 102 Å². The van der Waals surface area contributed by atoms with E-state index in [1.165, 1.54) is 0 Å². The van der Waals surface area contributed by atoms with Gasteiger partial charge in [-0.1, -0.05) is 31.2 Å². The summed E-state index contributed by atoms with van der Waals surface area (Å²) >= 11 is 6.03. The van der Waals surface area contributed by atoms with Crippen molar-refractivity contribution in [3.63, 3.8) is 0 Å². The van der Waals surface area contributed by atoms with Crippen LogP contribution in [0.2, 0.25) is 5.02 Å². The van der Waals surface area contributed by atoms with Crippen LogP contribution in [0.25, 0.3) is 0 Å². The molecule has 1 aromatic rings. The van der Waals surface area contributed by atoms with E-state index in [0.717, 1.165) is 17.6 Å². The molecule has 1 aromatic carbocycles. The van der Waals surface area contributed by atoms with Crippen LogP contribution in [0.5, 0.6) is 5.75 Å². The summed E-state index contributed by atoms with van der Waals surface area (Å²) in [5.41, 5.74) is 1.81. The molecule has 3 heteroatoms. The van der Waals surface area contributed by atoms with Gasteiger partial charge in [-0.3, -0.25) is 0 Å². The van der Waals surface area contributed by atoms with E-state index in [2.05, 4.69) is 6.58 Å². The number of aliphatic hydroxyl groups excluding tert-OH is 1. The highest BCUT2D eigenvalue weighted by Gasteiger charge is 2.06. The van der Waals surface area contributed by atoms with E-state index in [1.807, 2.05) is 6.92 Å². The Kier molecular flexibility index (Phi) is 4.84. The van der Waals surface area contributed by atoms with Crippen LogP contribution >= 0.6 is 11.6 Å². The van der Waals surface area contributed by atoms with E-state index >= 15 is 0 Å². The number of hydrogen-bond acceptors (Lipinski definition) is 2. The molecule has 0 saturated carbocycles. The maximum Gasteiger partial charge on any atom is 0.138 e. The summed E-state index contributed by atoms with van der Waals surface area (Å²) in [7, 11) is 0. The van der Waals surface area contributed by atoms with Crippen LogP contribution < -0.4 is 4.74 Å². The molecule has 1 N–H and O–H groups in total. The lowest BCUT2D eigenvalue weighted by molar-refractivity contribution is 0.199. The van der Waals surface area contributed by atoms with Gasteiger partial charge < -0.3 is 9.84 Å². The van der Waals surface area contributed by atoms with Gasteiger partial charge in [0, 0.05) is 0 Å². The first-order valence-electron chi connectivity index (χ1n) is 5.31. The molecule has 0 unspecified atom stereocenters. The van der Waals surface area contributed by atoms with Gasteiger partial charge in [-0.2, -0.15) is 0 Å². The molecule has 0 saturated heterocycles. The highest BCUT2D eigenvalue weighted by atomic mass is 35.5. The van der Waals surface area contributed by atoms with Gasteiger partial charge in [0.15, 0.2) is 0 Å². The summed E-state index contributed by atoms with van der Waals surface area (Å²) in [6.45, 7) is 8.06. The zero-order valence-corrected chi connectivity index (χ0v) is 10.4. The first-order chi connectivity index (χ1) is 7.54. The van der Waals surface area contributed by atoms with E-state index in [4.69, 9.17) is 16.3 Å². The van der Waals surface area contributed by atoms with Crippen molar-refractivity contribution < 1.29 is 9.84 Å². The fourth-order valence-electron chi connectivity index (χ4n) is 1.18. The minimum atomic E-state index is -0.517. The lowest BCUT2D eigenvalue weighted by Crippen LogP contribution is -2.00. The van der Waals surface area contributed by atoms with Crippen LogP contribution in [0.3, 0.4) is 0 Å². The molecule has 2 nitrogen and oxygen atoms in total. The van der Waals surface area contributed by atoms with Crippen molar-refractivity contribution >= 4 is 11.6 Å². The summed E-state index contributed by atoms with van der Waals surface area (Å²) in [6, 6.07) is 5.30. The summed E-state index contributed by atoms with van der Waals surface area (Å²) in [5, 5.41) is 9.90. The lowest BCUT2D eigenvalue weighted by Gasteiger charge is -2.11. The maximum absolute atomic E-state index is 9.38. The molecule has 0 spiro atoms. The third-order valence-corrected chi connectivity index (χ3v) is 2.67. The Morgan fingerprint density at radius 1 is 1.56 bits per heavy atom. The van der Waals surface area contributed by atoms with Gasteiger partial charge in [0.2, 0.25) is 0 Å². The van der Waals surface area contributed by atoms with E-state index in [9.17, 15) is 5.11 Å². The molecule has 1 rings (SSSR count). The number of benzene rings is 1. The summed E-state index contributed by atoms with van der Waals surface area (Å²) in [6.07, 6.45) is 0.376. The zero-order valence-electron chi connectivity index (χ0n) is 9.66. The predicted molar refractivity (Wildman–Crippen MR) is 67.0 cm³/mol. The predicted octanol–water partition coefficient (Wildman–Crippen LogP) is 3.74. The van der Waals surface area contributed by atoms with Gasteiger partial charge in [0.05, 0.1) is 11.1 Å². The van der Waals surface area contributed by atoms with Gasteiger partial charge in [-0.05, 0) is 36.6 Å². The lowest BCUT2D eigenvalue weighted by atomic mass is 10.1. The smallest absolute Gasteiger partial charge is 0.138 e. The van der Waals surface area contributed by atoms with Crippen molar-refractivity contribution in [2.24, 2.45) is 0 Å². The molecule has 0 aliphatic carbocycles. The molecule has 0 aliphatic rings. The first kappa shape index (κ1) is 13.1. The second-order valence-electron chi connectivity index (χ2n) is 3.76. The monoisotopic (exact) mass is 240 g/mol. The van der Waals surface area contributed by atoms with Crippen LogP contribution in [0, 0.1) is 0 Å². The SMILES string of the molecule is C=C(CC)COc1ccc([C@@H](C)O)cc1Cl. The Morgan fingerprint density at radius 3 is 2.75 bits per heavy atom. The second-order valence-corrected chi connectivity index (χ2v) is 4.17. The summed E-state index contributed by atoms with van der Waals surface area (Å²) in [5.74, 6) is 0.626. The molecular weight excluding hydrogens is 224 g/mol. The fraction of sp³-hybridized carbons (Fsp3) is 0.385. The molecule has 0 heterocycles. The highest BCUT2D eigenvalue weighted by molar-refractivity contribution is 6.32. The average Bonchev–Trinajstić information content (AvgIpc) is 2.26. The van der Waals surface area contributed by atoms with E-state index < -0.39 is 6.10 Å². The van der Waals surface area contributed by atoms with E-state index in [-0.39, 0.29) is 0 Å². The number of rotatable bonds is 5. The Balaban J connectivity index is 2.72. The van der Waals surface area contributed by atoms with Crippen LogP contribution in [0.15, 0.2) is 30.4 Å². The van der Waals surface area contributed by atoms with Crippen LogP contribution in [0.1, 0.15) is 31.9 Å². The fourth-order valence-corrected chi connectivity index (χ4v) is 1.42. The first-order valence-corrected chi connectivity index (χ1v) is 5.69. The molecule has 0 bridgehead atoms. The quantitative estimate of drug-likeness (QED) is 0.795.